The van der Waals surface area contributed by atoms with Crippen LogP contribution < -0.4 is 26.3 Å². The average molecular weight is 411 g/mol. The molecule has 0 fully saturated rings. The molecule has 0 atom stereocenters. The van der Waals surface area contributed by atoms with Gasteiger partial charge in [0.05, 0.1) is 12.6 Å². The molecule has 0 aliphatic rings. The molecule has 0 saturated heterocycles. The molecule has 5 heteroatoms. The Morgan fingerprint density at radius 3 is 2.58 bits per heavy atom. The molecule has 0 saturated carbocycles. The van der Waals surface area contributed by atoms with Gasteiger partial charge in [0.15, 0.2) is 6.20 Å². The molecule has 0 radical (unpaired) electrons. The molecule has 0 spiro atoms. The Balaban J connectivity index is 0.00000196. The van der Waals surface area contributed by atoms with Gasteiger partial charge >= 0.3 is 0 Å². The Hall–Kier alpha value is -2.66. The molecule has 0 aliphatic heterocycles. The first-order valence-electron chi connectivity index (χ1n) is 8.24. The number of fused-ring (bicyclic) bond motifs is 3. The molecule has 4 aromatic rings. The van der Waals surface area contributed by atoms with Crippen LogP contribution in [0.3, 0.4) is 0 Å². The van der Waals surface area contributed by atoms with Crippen molar-refractivity contribution in [3.8, 4) is 5.75 Å². The first-order chi connectivity index (χ1) is 12.2. The molecular weight excluding hydrogens is 392 g/mol. The third-order valence-electron chi connectivity index (χ3n) is 4.67. The highest BCUT2D eigenvalue weighted by molar-refractivity contribution is 6.07. The van der Waals surface area contributed by atoms with Crippen molar-refractivity contribution in [1.82, 2.24) is 4.98 Å². The lowest BCUT2D eigenvalue weighted by atomic mass is 10.1. The van der Waals surface area contributed by atoms with E-state index >= 15 is 0 Å². The fourth-order valence-electron chi connectivity index (χ4n) is 3.25. The van der Waals surface area contributed by atoms with Gasteiger partial charge in [0.2, 0.25) is 18.0 Å². The molecule has 4 rings (SSSR count). The van der Waals surface area contributed by atoms with Gasteiger partial charge in [-0.3, -0.25) is 4.79 Å². The maximum absolute atomic E-state index is 12.5. The van der Waals surface area contributed by atoms with Crippen molar-refractivity contribution in [2.45, 2.75) is 13.5 Å². The number of pyridine rings is 1. The summed E-state index contributed by atoms with van der Waals surface area (Å²) in [4.78, 5) is 16.0. The first-order valence-corrected chi connectivity index (χ1v) is 8.24. The van der Waals surface area contributed by atoms with Gasteiger partial charge in [-0.15, -0.1) is 0 Å². The minimum absolute atomic E-state index is 0. The molecule has 0 aliphatic carbocycles. The Morgan fingerprint density at radius 2 is 1.85 bits per heavy atom. The van der Waals surface area contributed by atoms with Gasteiger partial charge in [-0.2, -0.15) is 4.57 Å². The Labute approximate surface area is 162 Å². The van der Waals surface area contributed by atoms with Crippen LogP contribution in [0.1, 0.15) is 16.1 Å². The van der Waals surface area contributed by atoms with Crippen molar-refractivity contribution in [2.75, 3.05) is 7.11 Å². The summed E-state index contributed by atoms with van der Waals surface area (Å²) in [6, 6.07) is 17.5. The van der Waals surface area contributed by atoms with E-state index in [4.69, 9.17) is 4.74 Å². The predicted octanol–water partition coefficient (Wildman–Crippen LogP) is 0.813. The Bertz CT molecular complexity index is 1090. The van der Waals surface area contributed by atoms with Gasteiger partial charge in [0.1, 0.15) is 11.3 Å². The first kappa shape index (κ1) is 18.1. The van der Waals surface area contributed by atoms with Crippen LogP contribution in [-0.4, -0.2) is 17.9 Å². The molecule has 2 heterocycles. The number of ketones is 1. The fourth-order valence-corrected chi connectivity index (χ4v) is 3.25. The van der Waals surface area contributed by atoms with Crippen LogP contribution in [0.5, 0.6) is 5.75 Å². The zero-order valence-corrected chi connectivity index (χ0v) is 16.2. The Kier molecular flexibility index (Phi) is 5.09. The smallest absolute Gasteiger partial charge is 0.227 e. The number of rotatable bonds is 4. The largest absolute Gasteiger partial charge is 1.00 e. The number of ether oxygens (including phenoxy) is 1. The molecule has 4 nitrogen and oxygen atoms in total. The number of Topliss-reactive ketones (excluding diaryl/α,β-unsaturated/α-hetero) is 1. The SMILES string of the molecule is COc1ccc2c(c1)[nH]c1c(C)[n+](CC(=O)c3ccccc3)ccc12.[Br-]. The van der Waals surface area contributed by atoms with Crippen molar-refractivity contribution < 1.29 is 31.1 Å². The summed E-state index contributed by atoms with van der Waals surface area (Å²) >= 11 is 0. The third-order valence-corrected chi connectivity index (χ3v) is 4.67. The number of hydrogen-bond acceptors (Lipinski definition) is 2. The van der Waals surface area contributed by atoms with Gasteiger partial charge < -0.3 is 26.7 Å². The monoisotopic (exact) mass is 410 g/mol. The number of aromatic nitrogens is 2. The van der Waals surface area contributed by atoms with E-state index < -0.39 is 0 Å². The van der Waals surface area contributed by atoms with Crippen LogP contribution in [0.4, 0.5) is 0 Å². The number of aromatic amines is 1. The number of aryl methyl sites for hydroxylation is 1. The molecule has 1 N–H and O–H groups in total. The number of nitrogens with zero attached hydrogens (tertiary/aromatic N) is 1. The van der Waals surface area contributed by atoms with Crippen LogP contribution in [0.25, 0.3) is 21.8 Å². The number of benzene rings is 2. The molecule has 2 aromatic carbocycles. The fraction of sp³-hybridized carbons (Fsp3) is 0.143. The maximum Gasteiger partial charge on any atom is 0.227 e. The van der Waals surface area contributed by atoms with E-state index in [1.165, 1.54) is 0 Å². The third kappa shape index (κ3) is 3.10. The van der Waals surface area contributed by atoms with Crippen molar-refractivity contribution in [3.63, 3.8) is 0 Å². The number of carbonyl (C=O) groups is 1. The Morgan fingerprint density at radius 1 is 1.08 bits per heavy atom. The maximum atomic E-state index is 12.5. The van der Waals surface area contributed by atoms with E-state index in [0.717, 1.165) is 38.8 Å². The van der Waals surface area contributed by atoms with Crippen LogP contribution >= 0.6 is 0 Å². The normalized spacial score (nSPS) is 10.7. The van der Waals surface area contributed by atoms with Gasteiger partial charge in [-0.1, -0.05) is 30.3 Å². The van der Waals surface area contributed by atoms with Crippen molar-refractivity contribution in [1.29, 1.82) is 0 Å². The molecule has 0 bridgehead atoms. The minimum atomic E-state index is 0. The highest BCUT2D eigenvalue weighted by atomic mass is 79.9. The number of carbonyl (C=O) groups excluding carboxylic acids is 1. The van der Waals surface area contributed by atoms with E-state index in [9.17, 15) is 4.79 Å². The lowest BCUT2D eigenvalue weighted by Crippen LogP contribution is -3.00. The van der Waals surface area contributed by atoms with Gasteiger partial charge in [-0.05, 0) is 12.1 Å². The van der Waals surface area contributed by atoms with E-state index in [1.54, 1.807) is 7.11 Å². The molecule has 0 unspecified atom stereocenters. The summed E-state index contributed by atoms with van der Waals surface area (Å²) in [7, 11) is 1.66. The number of H-pyrrole nitrogens is 1. The van der Waals surface area contributed by atoms with E-state index in [-0.39, 0.29) is 22.8 Å². The molecule has 26 heavy (non-hydrogen) atoms. The zero-order valence-electron chi connectivity index (χ0n) is 14.6. The van der Waals surface area contributed by atoms with E-state index in [1.807, 2.05) is 60.2 Å². The highest BCUT2D eigenvalue weighted by Crippen LogP contribution is 2.28. The number of nitrogens with one attached hydrogen (secondary N) is 1. The number of halogens is 1. The second kappa shape index (κ2) is 7.30. The zero-order chi connectivity index (χ0) is 17.4. The summed E-state index contributed by atoms with van der Waals surface area (Å²) in [6.45, 7) is 2.36. The second-order valence-electron chi connectivity index (χ2n) is 6.14. The quantitative estimate of drug-likeness (QED) is 0.399. The highest BCUT2D eigenvalue weighted by Gasteiger charge is 2.18. The topological polar surface area (TPSA) is 46.0 Å². The van der Waals surface area contributed by atoms with E-state index in [2.05, 4.69) is 17.1 Å². The summed E-state index contributed by atoms with van der Waals surface area (Å²) in [5, 5.41) is 2.30. The lowest BCUT2D eigenvalue weighted by Gasteiger charge is -2.02. The second-order valence-corrected chi connectivity index (χ2v) is 6.14. The molecular formula is C21H19BrN2O2. The van der Waals surface area contributed by atoms with Crippen molar-refractivity contribution >= 4 is 27.6 Å². The number of hydrogen-bond donors (Lipinski definition) is 1. The molecule has 2 aromatic heterocycles. The van der Waals surface area contributed by atoms with Crippen LogP contribution in [0, 0.1) is 6.92 Å². The van der Waals surface area contributed by atoms with Crippen LogP contribution in [0.15, 0.2) is 60.8 Å². The van der Waals surface area contributed by atoms with Crippen LogP contribution in [0.2, 0.25) is 0 Å². The molecule has 132 valence electrons. The number of methoxy groups -OCH3 is 1. The molecule has 0 amide bonds. The summed E-state index contributed by atoms with van der Waals surface area (Å²) in [5.41, 5.74) is 3.85. The minimum Gasteiger partial charge on any atom is -1.00 e. The van der Waals surface area contributed by atoms with Crippen molar-refractivity contribution in [2.24, 2.45) is 0 Å². The summed E-state index contributed by atoms with van der Waals surface area (Å²) < 4.78 is 7.29. The van der Waals surface area contributed by atoms with Crippen molar-refractivity contribution in [3.05, 3.63) is 72.1 Å². The lowest BCUT2D eigenvalue weighted by molar-refractivity contribution is -0.687. The summed E-state index contributed by atoms with van der Waals surface area (Å²) in [6.07, 6.45) is 1.98. The van der Waals surface area contributed by atoms with Gasteiger partial charge in [0.25, 0.3) is 0 Å². The summed E-state index contributed by atoms with van der Waals surface area (Å²) in [5.74, 6) is 0.926. The van der Waals surface area contributed by atoms with Gasteiger partial charge in [-0.25, -0.2) is 0 Å². The van der Waals surface area contributed by atoms with Crippen LogP contribution in [-0.2, 0) is 6.54 Å². The standard InChI is InChI=1S/C21H18N2O2.BrH/c1-14-21-18(17-9-8-16(25-2)12-19(17)22-21)10-11-23(14)13-20(24)15-6-4-3-5-7-15;/h3-12H,13H2,1-2H3;1H. The average Bonchev–Trinajstić information content (AvgIpc) is 3.03. The predicted molar refractivity (Wildman–Crippen MR) is 98.1 cm³/mol. The van der Waals surface area contributed by atoms with Gasteiger partial charge in [0, 0.05) is 35.4 Å². The van der Waals surface area contributed by atoms with E-state index in [0.29, 0.717) is 6.54 Å².